The van der Waals surface area contributed by atoms with E-state index in [-0.39, 0.29) is 6.04 Å². The summed E-state index contributed by atoms with van der Waals surface area (Å²) >= 11 is 9.68. The van der Waals surface area contributed by atoms with E-state index in [1.165, 1.54) is 11.3 Å². The van der Waals surface area contributed by atoms with Gasteiger partial charge in [0.25, 0.3) is 0 Å². The predicted octanol–water partition coefficient (Wildman–Crippen LogP) is 4.34. The van der Waals surface area contributed by atoms with Crippen molar-refractivity contribution in [3.63, 3.8) is 0 Å². The molecule has 2 aromatic rings. The molecule has 108 valence electrons. The molecule has 0 aliphatic heterocycles. The molecule has 3 nitrogen and oxygen atoms in total. The van der Waals surface area contributed by atoms with Crippen LogP contribution in [0.5, 0.6) is 0 Å². The van der Waals surface area contributed by atoms with Gasteiger partial charge in [0, 0.05) is 24.7 Å². The average Bonchev–Trinajstić information content (AvgIpc) is 2.64. The minimum atomic E-state index is 0.288. The van der Waals surface area contributed by atoms with Crippen molar-refractivity contribution in [3.05, 3.63) is 50.7 Å². The van der Waals surface area contributed by atoms with Crippen LogP contribution in [-0.2, 0) is 13.6 Å². The molecule has 0 bridgehead atoms. The van der Waals surface area contributed by atoms with Gasteiger partial charge in [-0.05, 0) is 54.5 Å². The molecule has 0 aliphatic carbocycles. The summed E-state index contributed by atoms with van der Waals surface area (Å²) in [6, 6.07) is 8.31. The highest BCUT2D eigenvalue weighted by molar-refractivity contribution is 9.10. The van der Waals surface area contributed by atoms with E-state index in [1.54, 1.807) is 0 Å². The standard InChI is InChI=1S/C15H19BrClN3/c1-10-15(16)14(20(4)18-10)9-19(3)11(2)12-6-5-7-13(17)8-12/h5-8,11H,9H2,1-4H3. The van der Waals surface area contributed by atoms with Crippen molar-refractivity contribution >= 4 is 27.5 Å². The SMILES string of the molecule is Cc1nn(C)c(CN(C)C(C)c2cccc(Cl)c2)c1Br. The van der Waals surface area contributed by atoms with E-state index < -0.39 is 0 Å². The van der Waals surface area contributed by atoms with Gasteiger partial charge in [-0.2, -0.15) is 5.10 Å². The summed E-state index contributed by atoms with van der Waals surface area (Å²) in [5, 5.41) is 5.21. The van der Waals surface area contributed by atoms with Gasteiger partial charge in [-0.15, -0.1) is 0 Å². The van der Waals surface area contributed by atoms with Crippen molar-refractivity contribution in [3.8, 4) is 0 Å². The summed E-state index contributed by atoms with van der Waals surface area (Å²) in [7, 11) is 4.09. The molecule has 0 radical (unpaired) electrons. The Kier molecular flexibility index (Phi) is 4.89. The molecule has 5 heteroatoms. The van der Waals surface area contributed by atoms with Crippen molar-refractivity contribution in [2.45, 2.75) is 26.4 Å². The molecular weight excluding hydrogens is 338 g/mol. The first-order chi connectivity index (χ1) is 9.40. The topological polar surface area (TPSA) is 21.1 Å². The van der Waals surface area contributed by atoms with E-state index in [2.05, 4.69) is 46.0 Å². The van der Waals surface area contributed by atoms with E-state index >= 15 is 0 Å². The monoisotopic (exact) mass is 355 g/mol. The number of nitrogens with zero attached hydrogens (tertiary/aromatic N) is 3. The minimum Gasteiger partial charge on any atom is -0.294 e. The highest BCUT2D eigenvalue weighted by Crippen LogP contribution is 2.26. The number of hydrogen-bond donors (Lipinski definition) is 0. The number of benzene rings is 1. The molecule has 1 aromatic heterocycles. The first kappa shape index (κ1) is 15.5. The molecule has 0 saturated heterocycles. The summed E-state index contributed by atoms with van der Waals surface area (Å²) in [4.78, 5) is 2.28. The van der Waals surface area contributed by atoms with Crippen LogP contribution in [0.15, 0.2) is 28.7 Å². The molecule has 1 atom stereocenters. The van der Waals surface area contributed by atoms with Crippen molar-refractivity contribution in [1.82, 2.24) is 14.7 Å². The lowest BCUT2D eigenvalue weighted by atomic mass is 10.1. The largest absolute Gasteiger partial charge is 0.294 e. The summed E-state index contributed by atoms with van der Waals surface area (Å²) < 4.78 is 3.02. The van der Waals surface area contributed by atoms with Crippen LogP contribution in [0.25, 0.3) is 0 Å². The lowest BCUT2D eigenvalue weighted by Crippen LogP contribution is -2.23. The number of hydrogen-bond acceptors (Lipinski definition) is 2. The molecule has 1 heterocycles. The van der Waals surface area contributed by atoms with Crippen LogP contribution in [0.1, 0.15) is 29.9 Å². The van der Waals surface area contributed by atoms with Gasteiger partial charge in [0.2, 0.25) is 0 Å². The summed E-state index contributed by atoms with van der Waals surface area (Å²) in [6.45, 7) is 5.02. The van der Waals surface area contributed by atoms with Crippen LogP contribution in [0.4, 0.5) is 0 Å². The van der Waals surface area contributed by atoms with Gasteiger partial charge >= 0.3 is 0 Å². The highest BCUT2D eigenvalue weighted by Gasteiger charge is 2.17. The Morgan fingerprint density at radius 1 is 1.45 bits per heavy atom. The summed E-state index contributed by atoms with van der Waals surface area (Å²) in [5.41, 5.74) is 3.42. The Labute approximate surface area is 133 Å². The molecule has 1 aromatic carbocycles. The highest BCUT2D eigenvalue weighted by atomic mass is 79.9. The molecule has 0 N–H and O–H groups in total. The summed E-state index contributed by atoms with van der Waals surface area (Å²) in [6.07, 6.45) is 0. The third-order valence-corrected chi connectivity index (χ3v) is 4.92. The lowest BCUT2D eigenvalue weighted by molar-refractivity contribution is 0.246. The molecular formula is C15H19BrClN3. The van der Waals surface area contributed by atoms with Crippen molar-refractivity contribution in [2.75, 3.05) is 7.05 Å². The third-order valence-electron chi connectivity index (χ3n) is 3.65. The zero-order valence-electron chi connectivity index (χ0n) is 12.2. The predicted molar refractivity (Wildman–Crippen MR) is 87.0 cm³/mol. The van der Waals surface area contributed by atoms with Crippen molar-refractivity contribution in [2.24, 2.45) is 7.05 Å². The van der Waals surface area contributed by atoms with E-state index in [0.717, 1.165) is 21.7 Å². The number of halogens is 2. The molecule has 0 fully saturated rings. The molecule has 1 unspecified atom stereocenters. The second-order valence-corrected chi connectivity index (χ2v) is 6.35. The van der Waals surface area contributed by atoms with Gasteiger partial charge in [-0.3, -0.25) is 9.58 Å². The fourth-order valence-corrected chi connectivity index (χ4v) is 2.91. The Morgan fingerprint density at radius 2 is 2.15 bits per heavy atom. The molecule has 0 saturated carbocycles. The Hall–Kier alpha value is -0.840. The normalized spacial score (nSPS) is 12.9. The molecule has 0 aliphatic rings. The molecule has 0 amide bonds. The van der Waals surface area contributed by atoms with E-state index in [1.807, 2.05) is 36.9 Å². The zero-order valence-corrected chi connectivity index (χ0v) is 14.5. The molecule has 2 rings (SSSR count). The minimum absolute atomic E-state index is 0.288. The maximum Gasteiger partial charge on any atom is 0.0739 e. The van der Waals surface area contributed by atoms with Gasteiger partial charge < -0.3 is 0 Å². The Balaban J connectivity index is 2.17. The van der Waals surface area contributed by atoms with Crippen LogP contribution in [-0.4, -0.2) is 21.7 Å². The van der Waals surface area contributed by atoms with Crippen LogP contribution in [0, 0.1) is 6.92 Å². The summed E-state index contributed by atoms with van der Waals surface area (Å²) in [5.74, 6) is 0. The maximum absolute atomic E-state index is 6.07. The van der Waals surface area contributed by atoms with Gasteiger partial charge in [-0.1, -0.05) is 23.7 Å². The average molecular weight is 357 g/mol. The lowest BCUT2D eigenvalue weighted by Gasteiger charge is -2.25. The van der Waals surface area contributed by atoms with Gasteiger partial charge in [0.1, 0.15) is 0 Å². The Bertz CT molecular complexity index is 609. The molecule has 20 heavy (non-hydrogen) atoms. The number of rotatable bonds is 4. The maximum atomic E-state index is 6.07. The second-order valence-electron chi connectivity index (χ2n) is 5.12. The Morgan fingerprint density at radius 3 is 2.70 bits per heavy atom. The first-order valence-corrected chi connectivity index (χ1v) is 7.71. The number of aromatic nitrogens is 2. The van der Waals surface area contributed by atoms with Gasteiger partial charge in [0.15, 0.2) is 0 Å². The fourth-order valence-electron chi connectivity index (χ4n) is 2.25. The second kappa shape index (κ2) is 6.29. The van der Waals surface area contributed by atoms with Crippen LogP contribution < -0.4 is 0 Å². The quantitative estimate of drug-likeness (QED) is 0.812. The van der Waals surface area contributed by atoms with Gasteiger partial charge in [-0.25, -0.2) is 0 Å². The smallest absolute Gasteiger partial charge is 0.0739 e. The third kappa shape index (κ3) is 3.25. The number of aryl methyl sites for hydroxylation is 2. The molecule has 0 spiro atoms. The van der Waals surface area contributed by atoms with Crippen LogP contribution in [0.2, 0.25) is 5.02 Å². The van der Waals surface area contributed by atoms with Crippen LogP contribution in [0.3, 0.4) is 0 Å². The van der Waals surface area contributed by atoms with Crippen molar-refractivity contribution < 1.29 is 0 Å². The van der Waals surface area contributed by atoms with Crippen molar-refractivity contribution in [1.29, 1.82) is 0 Å². The van der Waals surface area contributed by atoms with E-state index in [0.29, 0.717) is 0 Å². The fraction of sp³-hybridized carbons (Fsp3) is 0.400. The zero-order chi connectivity index (χ0) is 14.9. The van der Waals surface area contributed by atoms with Crippen LogP contribution >= 0.6 is 27.5 Å². The van der Waals surface area contributed by atoms with E-state index in [4.69, 9.17) is 11.6 Å². The van der Waals surface area contributed by atoms with Gasteiger partial charge in [0.05, 0.1) is 15.9 Å². The first-order valence-electron chi connectivity index (χ1n) is 6.53. The van der Waals surface area contributed by atoms with E-state index in [9.17, 15) is 0 Å².